The predicted octanol–water partition coefficient (Wildman–Crippen LogP) is 6.08. The second kappa shape index (κ2) is 20.7. The third-order valence-corrected chi connectivity index (χ3v) is 14.9. The highest BCUT2D eigenvalue weighted by atomic mass is 79.9. The molecule has 17 nitrogen and oxygen atoms in total. The summed E-state index contributed by atoms with van der Waals surface area (Å²) in [5.41, 5.74) is 3.47. The number of benzene rings is 2. The van der Waals surface area contributed by atoms with Crippen LogP contribution in [0.15, 0.2) is 47.1 Å². The number of aliphatic hydroxyl groups excluding tert-OH is 1. The van der Waals surface area contributed by atoms with E-state index in [9.17, 15) is 34.2 Å². The molecule has 7 atom stereocenters. The zero-order valence-corrected chi connectivity index (χ0v) is 44.2. The van der Waals surface area contributed by atoms with Gasteiger partial charge in [-0.15, -0.1) is 0 Å². The number of anilines is 1. The molecule has 3 aromatic rings. The third-order valence-electron chi connectivity index (χ3n) is 14.2. The van der Waals surface area contributed by atoms with Gasteiger partial charge in [0, 0.05) is 66.8 Å². The number of nitrogens with zero attached hydrogens (tertiary/aromatic N) is 4. The Kier molecular flexibility index (Phi) is 15.7. The van der Waals surface area contributed by atoms with Gasteiger partial charge < -0.3 is 45.7 Å². The van der Waals surface area contributed by atoms with Gasteiger partial charge in [0.1, 0.15) is 30.5 Å². The number of likely N-dealkylation sites (N-methyl/N-ethyl adjacent to an activating group) is 1. The number of fused-ring (bicyclic) bond motifs is 5. The first-order valence-electron chi connectivity index (χ1n) is 24.8. The molecule has 18 heteroatoms. The molecule has 8 rings (SSSR count). The first-order valence-corrected chi connectivity index (χ1v) is 25.6. The van der Waals surface area contributed by atoms with Crippen molar-refractivity contribution >= 4 is 67.6 Å². The van der Waals surface area contributed by atoms with Crippen LogP contribution in [-0.4, -0.2) is 152 Å². The van der Waals surface area contributed by atoms with Crippen LogP contribution in [0.2, 0.25) is 0 Å². The zero-order valence-electron chi connectivity index (χ0n) is 42.6. The molecule has 0 radical (unpaired) electrons. The summed E-state index contributed by atoms with van der Waals surface area (Å²) in [6, 6.07) is 9.47. The lowest BCUT2D eigenvalue weighted by Gasteiger charge is -2.49. The van der Waals surface area contributed by atoms with E-state index in [4.69, 9.17) is 9.47 Å². The average molecular weight is 1030 g/mol. The molecule has 0 spiro atoms. The number of H-pyrrole nitrogens is 1. The van der Waals surface area contributed by atoms with Crippen LogP contribution in [0.5, 0.6) is 5.75 Å². The number of hydrogen-bond donors (Lipinski definition) is 6. The summed E-state index contributed by atoms with van der Waals surface area (Å²) in [6.07, 6.45) is 3.78. The maximum atomic E-state index is 14.4. The average Bonchev–Trinajstić information content (AvgIpc) is 3.99. The number of carbonyl (C=O) groups is 5. The Labute approximate surface area is 420 Å². The van der Waals surface area contributed by atoms with Gasteiger partial charge in [-0.2, -0.15) is 0 Å². The highest BCUT2D eigenvalue weighted by Gasteiger charge is 2.72. The summed E-state index contributed by atoms with van der Waals surface area (Å²) >= 11 is 3.70. The van der Waals surface area contributed by atoms with Gasteiger partial charge in [0.2, 0.25) is 17.5 Å². The summed E-state index contributed by atoms with van der Waals surface area (Å²) in [6.45, 7) is 21.5. The highest BCUT2D eigenvalue weighted by molar-refractivity contribution is 9.10. The summed E-state index contributed by atoms with van der Waals surface area (Å²) < 4.78 is 13.1. The molecule has 5 amide bonds. The molecule has 1 aliphatic carbocycles. The first kappa shape index (κ1) is 53.0. The number of amides is 5. The quantitative estimate of drug-likeness (QED) is 0.102. The SMILES string of the molecule is CC(C)C[C@H]1C(=O)N2CCC[C@H]2[C@]2(O)O[C@](NC(=O)[C@@H]3C=C4c5cccc6[nH]c(Br)c(c56)C[C@H]4N(C)C3)(C(C)C)C(=O)N12.CCN(CC)C(=O)Nc1ccc(OCC(O)CNC(C)(C)C)c(C(C)=O)c1. The fourth-order valence-electron chi connectivity index (χ4n) is 10.5. The Morgan fingerprint density at radius 1 is 1.09 bits per heavy atom. The Morgan fingerprint density at radius 3 is 2.44 bits per heavy atom. The maximum absolute atomic E-state index is 14.4. The number of ether oxygens (including phenoxy) is 2. The molecule has 70 heavy (non-hydrogen) atoms. The van der Waals surface area contributed by atoms with Crippen molar-refractivity contribution < 1.29 is 43.7 Å². The minimum atomic E-state index is -2.01. The number of β-amino-alcohol motifs (C(OH)–C–C–N with tert-alkyl or cyclic N) is 1. The van der Waals surface area contributed by atoms with E-state index in [0.717, 1.165) is 34.1 Å². The van der Waals surface area contributed by atoms with E-state index in [0.29, 0.717) is 62.6 Å². The van der Waals surface area contributed by atoms with Crippen LogP contribution in [-0.2, 0) is 25.5 Å². The lowest BCUT2D eigenvalue weighted by Crippen LogP contribution is -2.71. The lowest BCUT2D eigenvalue weighted by atomic mass is 9.79. The molecular formula is C52H73BrN8O9. The van der Waals surface area contributed by atoms with Gasteiger partial charge >= 0.3 is 6.03 Å². The van der Waals surface area contributed by atoms with Crippen LogP contribution in [0.25, 0.3) is 16.5 Å². The molecule has 1 aromatic heterocycles. The summed E-state index contributed by atoms with van der Waals surface area (Å²) in [5, 5.41) is 32.4. The van der Waals surface area contributed by atoms with Crippen molar-refractivity contribution in [3.8, 4) is 5.75 Å². The largest absolute Gasteiger partial charge is 0.490 e. The van der Waals surface area contributed by atoms with Crippen molar-refractivity contribution in [2.24, 2.45) is 17.8 Å². The number of carbonyl (C=O) groups excluding carboxylic acids is 5. The fourth-order valence-corrected chi connectivity index (χ4v) is 11.1. The van der Waals surface area contributed by atoms with Gasteiger partial charge in [0.25, 0.3) is 11.8 Å². The number of nitrogens with one attached hydrogen (secondary N) is 4. The fraction of sp³-hybridized carbons (Fsp3) is 0.596. The monoisotopic (exact) mass is 1030 g/mol. The molecule has 3 fully saturated rings. The van der Waals surface area contributed by atoms with Crippen molar-refractivity contribution in [1.82, 2.24) is 35.2 Å². The van der Waals surface area contributed by atoms with Crippen molar-refractivity contribution in [1.29, 1.82) is 0 Å². The van der Waals surface area contributed by atoms with Gasteiger partial charge in [-0.1, -0.05) is 45.9 Å². The van der Waals surface area contributed by atoms with E-state index < -0.39 is 47.6 Å². The first-order chi connectivity index (χ1) is 32.9. The minimum Gasteiger partial charge on any atom is -0.490 e. The van der Waals surface area contributed by atoms with E-state index in [1.807, 2.05) is 67.7 Å². The van der Waals surface area contributed by atoms with Crippen LogP contribution in [0, 0.1) is 17.8 Å². The number of piperazine rings is 1. The normalized spacial score (nSPS) is 25.5. The molecular weight excluding hydrogens is 961 g/mol. The Balaban J connectivity index is 0.000000232. The topological polar surface area (TPSA) is 209 Å². The van der Waals surface area contributed by atoms with Gasteiger partial charge in [-0.3, -0.25) is 33.7 Å². The number of Topliss-reactive ketones (excluding diaryl/α,β-unsaturated/α-hetero) is 1. The molecule has 0 saturated carbocycles. The van der Waals surface area contributed by atoms with Crippen LogP contribution in [0.3, 0.4) is 0 Å². The summed E-state index contributed by atoms with van der Waals surface area (Å²) in [5.74, 6) is -3.80. The molecule has 5 aliphatic rings. The van der Waals surface area contributed by atoms with Gasteiger partial charge in [-0.25, -0.2) is 4.79 Å². The molecule has 0 bridgehead atoms. The molecule has 3 saturated heterocycles. The summed E-state index contributed by atoms with van der Waals surface area (Å²) in [4.78, 5) is 76.6. The molecule has 6 N–H and O–H groups in total. The number of halogens is 1. The zero-order chi connectivity index (χ0) is 51.2. The van der Waals surface area contributed by atoms with E-state index in [-0.39, 0.29) is 47.7 Å². The number of hydrogen-bond acceptors (Lipinski definition) is 11. The van der Waals surface area contributed by atoms with Gasteiger partial charge in [0.15, 0.2) is 5.78 Å². The smallest absolute Gasteiger partial charge is 0.321 e. The van der Waals surface area contributed by atoms with E-state index in [1.165, 1.54) is 22.8 Å². The molecule has 5 heterocycles. The van der Waals surface area contributed by atoms with Gasteiger partial charge in [0.05, 0.1) is 16.1 Å². The highest BCUT2D eigenvalue weighted by Crippen LogP contribution is 2.49. The van der Waals surface area contributed by atoms with Crippen LogP contribution in [0.4, 0.5) is 10.5 Å². The van der Waals surface area contributed by atoms with Crippen LogP contribution in [0.1, 0.15) is 110 Å². The van der Waals surface area contributed by atoms with Crippen molar-refractivity contribution in [2.75, 3.05) is 51.7 Å². The van der Waals surface area contributed by atoms with E-state index >= 15 is 0 Å². The minimum absolute atomic E-state index is 0.0640. The number of ketones is 1. The maximum Gasteiger partial charge on any atom is 0.321 e. The van der Waals surface area contributed by atoms with Crippen molar-refractivity contribution in [3.63, 3.8) is 0 Å². The number of aromatic nitrogens is 1. The van der Waals surface area contributed by atoms with Crippen molar-refractivity contribution in [3.05, 3.63) is 63.8 Å². The number of rotatable bonds is 14. The van der Waals surface area contributed by atoms with Crippen LogP contribution < -0.4 is 20.7 Å². The predicted molar refractivity (Wildman–Crippen MR) is 272 cm³/mol. The number of aliphatic hydroxyl groups is 2. The van der Waals surface area contributed by atoms with E-state index in [1.54, 1.807) is 41.8 Å². The van der Waals surface area contributed by atoms with E-state index in [2.05, 4.69) is 53.9 Å². The third kappa shape index (κ3) is 10.3. The molecule has 382 valence electrons. The van der Waals surface area contributed by atoms with Crippen molar-refractivity contribution in [2.45, 2.75) is 136 Å². The molecule has 4 aliphatic heterocycles. The lowest BCUT2D eigenvalue weighted by molar-refractivity contribution is -0.322. The van der Waals surface area contributed by atoms with Gasteiger partial charge in [-0.05, 0) is 137 Å². The van der Waals surface area contributed by atoms with Crippen LogP contribution >= 0.6 is 15.9 Å². The number of urea groups is 1. The summed E-state index contributed by atoms with van der Waals surface area (Å²) in [7, 11) is 2.03. The Bertz CT molecular complexity index is 2520. The second-order valence-electron chi connectivity index (χ2n) is 21.1. The number of aromatic amines is 1. The standard InChI is InChI=1S/C32H40BrN5O5.C20H33N3O4/c1-16(2)12-24-29(40)37-11-7-10-25(37)32(42)38(24)30(41)31(43-32,17(3)4)35-28(39)18-13-20-19-8-6-9-22-26(19)21(27(33)34-22)14-23(20)36(5)15-18;1-7-23(8-2)19(26)22-15-9-10-18(17(11-15)14(3)24)27-13-16(25)12-21-20(4,5)6/h6,8-9,13,16-18,23-25,34,42H,7,10-12,14-15H2,1-5H3,(H,35,39);9-11,16,21,25H,7-8,12-13H2,1-6H3,(H,22,26)/t18-,23-,24+,25+,31-,32+;/m1./s1. The Hall–Kier alpha value is -4.85. The Morgan fingerprint density at radius 2 is 1.80 bits per heavy atom. The molecule has 2 aromatic carbocycles. The molecule has 1 unspecified atom stereocenters. The second-order valence-corrected chi connectivity index (χ2v) is 21.9.